The van der Waals surface area contributed by atoms with Gasteiger partial charge in [0, 0.05) is 25.6 Å². The summed E-state index contributed by atoms with van der Waals surface area (Å²) in [5.41, 5.74) is 5.65. The zero-order chi connectivity index (χ0) is 12.9. The zero-order valence-corrected chi connectivity index (χ0v) is 11.3. The summed E-state index contributed by atoms with van der Waals surface area (Å²) in [5, 5.41) is 2.90. The molecule has 1 aliphatic rings. The molecule has 100 valence electrons. The average molecular weight is 242 g/mol. The van der Waals surface area contributed by atoms with Gasteiger partial charge in [-0.15, -0.1) is 0 Å². The van der Waals surface area contributed by atoms with E-state index in [-0.39, 0.29) is 17.0 Å². The fourth-order valence-electron chi connectivity index (χ4n) is 2.20. The molecule has 1 rings (SSSR count). The van der Waals surface area contributed by atoms with Gasteiger partial charge in [-0.25, -0.2) is 0 Å². The zero-order valence-electron chi connectivity index (χ0n) is 11.3. The van der Waals surface area contributed by atoms with E-state index in [0.717, 1.165) is 25.7 Å². The van der Waals surface area contributed by atoms with Gasteiger partial charge >= 0.3 is 0 Å². The quantitative estimate of drug-likeness (QED) is 0.769. The summed E-state index contributed by atoms with van der Waals surface area (Å²) in [4.78, 5) is 11.8. The number of ether oxygens (including phenoxy) is 1. The minimum absolute atomic E-state index is 0.0412. The summed E-state index contributed by atoms with van der Waals surface area (Å²) in [5.74, 6) is 0.0412. The van der Waals surface area contributed by atoms with E-state index in [2.05, 4.69) is 5.32 Å². The number of amides is 1. The molecule has 0 saturated heterocycles. The van der Waals surface area contributed by atoms with Crippen LogP contribution in [0.4, 0.5) is 0 Å². The summed E-state index contributed by atoms with van der Waals surface area (Å²) in [6, 6.07) is 0. The lowest BCUT2D eigenvalue weighted by Crippen LogP contribution is -2.48. The highest BCUT2D eigenvalue weighted by Crippen LogP contribution is 2.28. The number of methoxy groups -OCH3 is 1. The van der Waals surface area contributed by atoms with Crippen molar-refractivity contribution >= 4 is 5.91 Å². The van der Waals surface area contributed by atoms with Crippen LogP contribution in [0, 0.1) is 0 Å². The maximum absolute atomic E-state index is 11.8. The van der Waals surface area contributed by atoms with Gasteiger partial charge in [0.25, 0.3) is 0 Å². The lowest BCUT2D eigenvalue weighted by Gasteiger charge is -2.33. The molecule has 0 aromatic rings. The Morgan fingerprint density at radius 1 is 1.35 bits per heavy atom. The molecule has 17 heavy (non-hydrogen) atoms. The van der Waals surface area contributed by atoms with Crippen molar-refractivity contribution in [2.45, 2.75) is 63.5 Å². The van der Waals surface area contributed by atoms with Crippen molar-refractivity contribution in [3.63, 3.8) is 0 Å². The molecule has 1 saturated carbocycles. The normalized spacial score (nSPS) is 20.0. The summed E-state index contributed by atoms with van der Waals surface area (Å²) >= 11 is 0. The van der Waals surface area contributed by atoms with Gasteiger partial charge in [-0.3, -0.25) is 4.79 Å². The lowest BCUT2D eigenvalue weighted by molar-refractivity contribution is -0.123. The smallest absolute Gasteiger partial charge is 0.221 e. The second-order valence-corrected chi connectivity index (χ2v) is 5.84. The molecule has 1 aliphatic carbocycles. The van der Waals surface area contributed by atoms with Gasteiger partial charge in [0.15, 0.2) is 0 Å². The van der Waals surface area contributed by atoms with Crippen LogP contribution in [0.2, 0.25) is 0 Å². The van der Waals surface area contributed by atoms with Gasteiger partial charge in [-0.2, -0.15) is 0 Å². The first-order valence-corrected chi connectivity index (χ1v) is 6.48. The fourth-order valence-corrected chi connectivity index (χ4v) is 2.20. The van der Waals surface area contributed by atoms with E-state index >= 15 is 0 Å². The monoisotopic (exact) mass is 242 g/mol. The van der Waals surface area contributed by atoms with Crippen LogP contribution in [0.1, 0.15) is 52.4 Å². The van der Waals surface area contributed by atoms with E-state index in [4.69, 9.17) is 10.5 Å². The van der Waals surface area contributed by atoms with Crippen molar-refractivity contribution in [1.29, 1.82) is 0 Å². The van der Waals surface area contributed by atoms with Gasteiger partial charge in [0.2, 0.25) is 5.91 Å². The molecule has 3 N–H and O–H groups in total. The fraction of sp³-hybridized carbons (Fsp3) is 0.923. The van der Waals surface area contributed by atoms with E-state index in [0.29, 0.717) is 13.0 Å². The van der Waals surface area contributed by atoms with Crippen molar-refractivity contribution in [3.05, 3.63) is 0 Å². The molecule has 1 amide bonds. The van der Waals surface area contributed by atoms with Crippen LogP contribution < -0.4 is 11.1 Å². The number of hydrogen-bond donors (Lipinski definition) is 2. The van der Waals surface area contributed by atoms with Crippen LogP contribution in [0.25, 0.3) is 0 Å². The molecule has 0 heterocycles. The average Bonchev–Trinajstić information content (AvgIpc) is 2.27. The molecule has 0 atom stereocenters. The number of rotatable bonds is 5. The standard InChI is InChI=1S/C13H26N2O2/c1-12(2,17-3)10-15-11(16)9-13(14)7-5-4-6-8-13/h4-10,14H2,1-3H3,(H,15,16). The van der Waals surface area contributed by atoms with Gasteiger partial charge in [-0.05, 0) is 26.7 Å². The third-order valence-corrected chi connectivity index (χ3v) is 3.63. The number of carbonyl (C=O) groups is 1. The van der Waals surface area contributed by atoms with Gasteiger partial charge in [0.05, 0.1) is 5.60 Å². The van der Waals surface area contributed by atoms with Gasteiger partial charge in [0.1, 0.15) is 0 Å². The first kappa shape index (κ1) is 14.5. The Hall–Kier alpha value is -0.610. The summed E-state index contributed by atoms with van der Waals surface area (Å²) < 4.78 is 5.26. The van der Waals surface area contributed by atoms with E-state index in [9.17, 15) is 4.79 Å². The minimum Gasteiger partial charge on any atom is -0.377 e. The van der Waals surface area contributed by atoms with Crippen molar-refractivity contribution < 1.29 is 9.53 Å². The lowest BCUT2D eigenvalue weighted by atomic mass is 9.80. The van der Waals surface area contributed by atoms with Gasteiger partial charge < -0.3 is 15.8 Å². The van der Waals surface area contributed by atoms with Crippen LogP contribution >= 0.6 is 0 Å². The molecule has 0 bridgehead atoms. The Bertz CT molecular complexity index is 258. The predicted octanol–water partition coefficient (Wildman–Crippen LogP) is 1.58. The van der Waals surface area contributed by atoms with E-state index < -0.39 is 0 Å². The van der Waals surface area contributed by atoms with E-state index in [1.54, 1.807) is 7.11 Å². The van der Waals surface area contributed by atoms with E-state index in [1.807, 2.05) is 13.8 Å². The van der Waals surface area contributed by atoms with Crippen molar-refractivity contribution in [2.24, 2.45) is 5.73 Å². The Balaban J connectivity index is 2.33. The van der Waals surface area contributed by atoms with Crippen molar-refractivity contribution in [1.82, 2.24) is 5.32 Å². The van der Waals surface area contributed by atoms with Gasteiger partial charge in [-0.1, -0.05) is 19.3 Å². The maximum Gasteiger partial charge on any atom is 0.221 e. The van der Waals surface area contributed by atoms with Crippen LogP contribution in [-0.4, -0.2) is 30.7 Å². The molecular weight excluding hydrogens is 216 g/mol. The molecule has 0 aromatic heterocycles. The number of nitrogens with two attached hydrogens (primary N) is 1. The predicted molar refractivity (Wildman–Crippen MR) is 68.7 cm³/mol. The van der Waals surface area contributed by atoms with Crippen LogP contribution in [0.5, 0.6) is 0 Å². The maximum atomic E-state index is 11.8. The number of nitrogens with one attached hydrogen (secondary N) is 1. The Kier molecular flexibility index (Phi) is 4.95. The summed E-state index contributed by atoms with van der Waals surface area (Å²) in [6.45, 7) is 4.43. The van der Waals surface area contributed by atoms with E-state index in [1.165, 1.54) is 6.42 Å². The third kappa shape index (κ3) is 5.04. The highest BCUT2D eigenvalue weighted by molar-refractivity contribution is 5.77. The molecular formula is C13H26N2O2. The van der Waals surface area contributed by atoms with Crippen LogP contribution in [-0.2, 0) is 9.53 Å². The molecule has 0 radical (unpaired) electrons. The molecule has 0 aliphatic heterocycles. The number of carbonyl (C=O) groups excluding carboxylic acids is 1. The Morgan fingerprint density at radius 2 is 1.94 bits per heavy atom. The summed E-state index contributed by atoms with van der Waals surface area (Å²) in [6.07, 6.45) is 5.91. The topological polar surface area (TPSA) is 64.3 Å². The first-order valence-electron chi connectivity index (χ1n) is 6.48. The van der Waals surface area contributed by atoms with Crippen LogP contribution in [0.15, 0.2) is 0 Å². The second-order valence-electron chi connectivity index (χ2n) is 5.84. The number of hydrogen-bond acceptors (Lipinski definition) is 3. The van der Waals surface area contributed by atoms with Crippen molar-refractivity contribution in [2.75, 3.05) is 13.7 Å². The highest BCUT2D eigenvalue weighted by Gasteiger charge is 2.30. The Morgan fingerprint density at radius 3 is 2.47 bits per heavy atom. The molecule has 0 aromatic carbocycles. The third-order valence-electron chi connectivity index (χ3n) is 3.63. The molecule has 4 nitrogen and oxygen atoms in total. The van der Waals surface area contributed by atoms with Crippen molar-refractivity contribution in [3.8, 4) is 0 Å². The molecule has 4 heteroatoms. The molecule has 0 unspecified atom stereocenters. The Labute approximate surface area is 104 Å². The molecule has 0 spiro atoms. The first-order chi connectivity index (χ1) is 7.87. The second kappa shape index (κ2) is 5.83. The minimum atomic E-state index is -0.315. The van der Waals surface area contributed by atoms with Crippen LogP contribution in [0.3, 0.4) is 0 Å². The largest absolute Gasteiger partial charge is 0.377 e. The molecule has 1 fully saturated rings. The highest BCUT2D eigenvalue weighted by atomic mass is 16.5. The SMILES string of the molecule is COC(C)(C)CNC(=O)CC1(N)CCCCC1. The summed E-state index contributed by atoms with van der Waals surface area (Å²) in [7, 11) is 1.65.